The maximum Gasteiger partial charge on any atom is 0.306 e. The monoisotopic (exact) mass is 753 g/mol. The van der Waals surface area contributed by atoms with Gasteiger partial charge in [0.25, 0.3) is 0 Å². The molecule has 0 aliphatic heterocycles. The number of esters is 2. The molecular formula is C49H84O5. The van der Waals surface area contributed by atoms with Crippen molar-refractivity contribution in [3.63, 3.8) is 0 Å². The highest BCUT2D eigenvalue weighted by atomic mass is 16.6. The fourth-order valence-corrected chi connectivity index (χ4v) is 6.10. The predicted molar refractivity (Wildman–Crippen MR) is 233 cm³/mol. The van der Waals surface area contributed by atoms with E-state index in [9.17, 15) is 14.7 Å². The fourth-order valence-electron chi connectivity index (χ4n) is 6.10. The van der Waals surface area contributed by atoms with Crippen molar-refractivity contribution >= 4 is 11.9 Å². The summed E-state index contributed by atoms with van der Waals surface area (Å²) in [6, 6.07) is 0. The van der Waals surface area contributed by atoms with Crippen molar-refractivity contribution in [1.82, 2.24) is 0 Å². The van der Waals surface area contributed by atoms with Gasteiger partial charge in [0.15, 0.2) is 6.10 Å². The van der Waals surface area contributed by atoms with E-state index < -0.39 is 6.10 Å². The van der Waals surface area contributed by atoms with Crippen LogP contribution in [0.15, 0.2) is 72.9 Å². The number of allylic oxidation sites excluding steroid dienone is 12. The zero-order chi connectivity index (χ0) is 39.3. The summed E-state index contributed by atoms with van der Waals surface area (Å²) in [5, 5.41) is 9.59. The van der Waals surface area contributed by atoms with Crippen LogP contribution in [-0.4, -0.2) is 36.4 Å². The third-order valence-corrected chi connectivity index (χ3v) is 9.48. The van der Waals surface area contributed by atoms with E-state index in [1.807, 2.05) is 0 Å². The Bertz CT molecular complexity index is 988. The number of aliphatic hydroxyl groups is 1. The second-order valence-electron chi connectivity index (χ2n) is 14.7. The molecule has 0 saturated carbocycles. The molecule has 1 atom stereocenters. The Morgan fingerprint density at radius 3 is 1.24 bits per heavy atom. The van der Waals surface area contributed by atoms with Gasteiger partial charge in [-0.1, -0.05) is 183 Å². The molecule has 0 aliphatic carbocycles. The van der Waals surface area contributed by atoms with Gasteiger partial charge in [-0.2, -0.15) is 0 Å². The van der Waals surface area contributed by atoms with E-state index in [1.54, 1.807) is 0 Å². The van der Waals surface area contributed by atoms with Gasteiger partial charge in [0, 0.05) is 12.8 Å². The van der Waals surface area contributed by atoms with Gasteiger partial charge in [-0.3, -0.25) is 9.59 Å². The summed E-state index contributed by atoms with van der Waals surface area (Å²) in [5.41, 5.74) is 0. The summed E-state index contributed by atoms with van der Waals surface area (Å²) in [6.45, 7) is 4.00. The molecule has 5 nitrogen and oxygen atoms in total. The minimum absolute atomic E-state index is 0.0858. The lowest BCUT2D eigenvalue weighted by Gasteiger charge is -2.15. The standard InChI is InChI=1S/C49H84O5/c1-3-5-7-9-11-13-15-17-19-21-23-24-26-28-30-32-34-36-38-40-42-44-49(52)54-47(45-50)46-53-48(51)43-41-39-37-35-33-31-29-27-25-22-20-18-16-14-12-10-8-6-4-2/h6,8,12,14,17-20,25,27,31,33,47,50H,3-5,7,9-11,13,15-16,21-24,26,28-30,32,34-46H2,1-2H3. The summed E-state index contributed by atoms with van der Waals surface area (Å²) in [6.07, 6.45) is 59.7. The third kappa shape index (κ3) is 42.1. The van der Waals surface area contributed by atoms with E-state index in [4.69, 9.17) is 9.47 Å². The van der Waals surface area contributed by atoms with Crippen LogP contribution in [0.1, 0.15) is 206 Å². The van der Waals surface area contributed by atoms with Crippen molar-refractivity contribution in [3.8, 4) is 0 Å². The maximum absolute atomic E-state index is 12.2. The van der Waals surface area contributed by atoms with E-state index in [0.29, 0.717) is 12.8 Å². The minimum atomic E-state index is -0.789. The van der Waals surface area contributed by atoms with Gasteiger partial charge in [0.2, 0.25) is 0 Å². The molecule has 1 N–H and O–H groups in total. The molecule has 0 fully saturated rings. The third-order valence-electron chi connectivity index (χ3n) is 9.48. The van der Waals surface area contributed by atoms with Gasteiger partial charge in [0.05, 0.1) is 6.61 Å². The lowest BCUT2D eigenvalue weighted by atomic mass is 10.0. The number of carbonyl (C=O) groups is 2. The second kappa shape index (κ2) is 44.7. The van der Waals surface area contributed by atoms with Crippen LogP contribution in [0.5, 0.6) is 0 Å². The largest absolute Gasteiger partial charge is 0.462 e. The molecule has 0 aliphatic rings. The average molecular weight is 753 g/mol. The maximum atomic E-state index is 12.2. The Hall–Kier alpha value is -2.66. The van der Waals surface area contributed by atoms with Crippen LogP contribution >= 0.6 is 0 Å². The number of hydrogen-bond donors (Lipinski definition) is 1. The number of hydrogen-bond acceptors (Lipinski definition) is 5. The number of aliphatic hydroxyl groups excluding tert-OH is 1. The molecule has 0 bridgehead atoms. The van der Waals surface area contributed by atoms with Gasteiger partial charge in [0.1, 0.15) is 6.61 Å². The number of unbranched alkanes of at least 4 members (excludes halogenated alkanes) is 20. The lowest BCUT2D eigenvalue weighted by molar-refractivity contribution is -0.161. The first kappa shape index (κ1) is 51.3. The van der Waals surface area contributed by atoms with Crippen molar-refractivity contribution < 1.29 is 24.2 Å². The molecular weight excluding hydrogens is 669 g/mol. The van der Waals surface area contributed by atoms with Gasteiger partial charge < -0.3 is 14.6 Å². The first-order valence-corrected chi connectivity index (χ1v) is 22.5. The summed E-state index contributed by atoms with van der Waals surface area (Å²) in [5.74, 6) is -0.630. The van der Waals surface area contributed by atoms with Crippen molar-refractivity contribution in [2.45, 2.75) is 213 Å². The molecule has 5 heteroatoms. The molecule has 310 valence electrons. The summed E-state index contributed by atoms with van der Waals surface area (Å²) >= 11 is 0. The van der Waals surface area contributed by atoms with Crippen LogP contribution in [0.4, 0.5) is 0 Å². The van der Waals surface area contributed by atoms with Gasteiger partial charge in [-0.25, -0.2) is 0 Å². The van der Waals surface area contributed by atoms with Crippen LogP contribution in [-0.2, 0) is 19.1 Å². The zero-order valence-electron chi connectivity index (χ0n) is 35.2. The first-order valence-electron chi connectivity index (χ1n) is 22.5. The number of ether oxygens (including phenoxy) is 2. The van der Waals surface area contributed by atoms with Crippen LogP contribution in [0.25, 0.3) is 0 Å². The van der Waals surface area contributed by atoms with Crippen molar-refractivity contribution in [2.24, 2.45) is 0 Å². The van der Waals surface area contributed by atoms with Crippen molar-refractivity contribution in [3.05, 3.63) is 72.9 Å². The molecule has 1 unspecified atom stereocenters. The average Bonchev–Trinajstić information content (AvgIpc) is 3.17. The second-order valence-corrected chi connectivity index (χ2v) is 14.7. The highest BCUT2D eigenvalue weighted by molar-refractivity contribution is 5.70. The fraction of sp³-hybridized carbons (Fsp3) is 0.714. The Balaban J connectivity index is 3.59. The zero-order valence-corrected chi connectivity index (χ0v) is 35.2. The lowest BCUT2D eigenvalue weighted by Crippen LogP contribution is -2.28. The number of rotatable bonds is 40. The highest BCUT2D eigenvalue weighted by Gasteiger charge is 2.16. The molecule has 0 aromatic carbocycles. The van der Waals surface area contributed by atoms with Crippen LogP contribution in [0.3, 0.4) is 0 Å². The smallest absolute Gasteiger partial charge is 0.306 e. The Kier molecular flexibility index (Phi) is 42.5. The molecule has 0 amide bonds. The van der Waals surface area contributed by atoms with Crippen LogP contribution in [0.2, 0.25) is 0 Å². The van der Waals surface area contributed by atoms with Gasteiger partial charge in [-0.15, -0.1) is 0 Å². The normalized spacial score (nSPS) is 12.9. The molecule has 0 aromatic rings. The van der Waals surface area contributed by atoms with E-state index in [-0.39, 0.29) is 25.2 Å². The number of carbonyl (C=O) groups excluding carboxylic acids is 2. The van der Waals surface area contributed by atoms with Crippen molar-refractivity contribution in [2.75, 3.05) is 13.2 Å². The van der Waals surface area contributed by atoms with Crippen LogP contribution < -0.4 is 0 Å². The predicted octanol–water partition coefficient (Wildman–Crippen LogP) is 14.5. The molecule has 0 radical (unpaired) electrons. The Morgan fingerprint density at radius 1 is 0.444 bits per heavy atom. The quantitative estimate of drug-likeness (QED) is 0.0383. The Labute approximate surface area is 333 Å². The van der Waals surface area contributed by atoms with E-state index >= 15 is 0 Å². The molecule has 0 saturated heterocycles. The van der Waals surface area contributed by atoms with E-state index in [2.05, 4.69) is 86.8 Å². The molecule has 0 rings (SSSR count). The highest BCUT2D eigenvalue weighted by Crippen LogP contribution is 2.14. The van der Waals surface area contributed by atoms with Gasteiger partial charge in [-0.05, 0) is 83.5 Å². The topological polar surface area (TPSA) is 72.8 Å². The summed E-state index contributed by atoms with van der Waals surface area (Å²) in [7, 11) is 0. The molecule has 54 heavy (non-hydrogen) atoms. The van der Waals surface area contributed by atoms with Crippen molar-refractivity contribution in [1.29, 1.82) is 0 Å². The molecule has 0 heterocycles. The van der Waals surface area contributed by atoms with E-state index in [0.717, 1.165) is 77.0 Å². The van der Waals surface area contributed by atoms with Gasteiger partial charge >= 0.3 is 11.9 Å². The Morgan fingerprint density at radius 2 is 0.796 bits per heavy atom. The summed E-state index contributed by atoms with van der Waals surface area (Å²) in [4.78, 5) is 24.4. The van der Waals surface area contributed by atoms with E-state index in [1.165, 1.54) is 103 Å². The minimum Gasteiger partial charge on any atom is -0.462 e. The molecule has 0 aromatic heterocycles. The molecule has 0 spiro atoms. The summed E-state index contributed by atoms with van der Waals surface area (Å²) < 4.78 is 10.6. The SMILES string of the molecule is CCC=CCC=CCC=CCC=CCC=CCCCCCC(=O)OCC(CO)OC(=O)CCCCCCCCCCCCCC=CCCCCCCCC. The first-order chi connectivity index (χ1) is 26.6. The van der Waals surface area contributed by atoms with Crippen LogP contribution in [0, 0.1) is 0 Å².